The first-order valence-electron chi connectivity index (χ1n) is 10.8. The summed E-state index contributed by atoms with van der Waals surface area (Å²) in [5, 5.41) is 10.2. The number of phenols is 1. The van der Waals surface area contributed by atoms with E-state index < -0.39 is 5.97 Å². The van der Waals surface area contributed by atoms with E-state index in [2.05, 4.69) is 57.7 Å². The predicted molar refractivity (Wildman–Crippen MR) is 123 cm³/mol. The maximum atomic E-state index is 11.8. The molecule has 3 nitrogen and oxygen atoms in total. The van der Waals surface area contributed by atoms with E-state index in [0.29, 0.717) is 17.7 Å². The first-order valence-corrected chi connectivity index (χ1v) is 10.8. The van der Waals surface area contributed by atoms with Crippen LogP contribution in [0.2, 0.25) is 0 Å². The molecular weight excluding hydrogens is 372 g/mol. The fourth-order valence-electron chi connectivity index (χ4n) is 3.78. The molecule has 0 atom stereocenters. The van der Waals surface area contributed by atoms with Crippen LogP contribution in [-0.4, -0.2) is 17.7 Å². The summed E-state index contributed by atoms with van der Waals surface area (Å²) in [7, 11) is 0. The van der Waals surface area contributed by atoms with Gasteiger partial charge in [-0.1, -0.05) is 59.4 Å². The van der Waals surface area contributed by atoms with E-state index in [1.807, 2.05) is 13.8 Å². The van der Waals surface area contributed by atoms with Crippen molar-refractivity contribution in [3.63, 3.8) is 0 Å². The van der Waals surface area contributed by atoms with Gasteiger partial charge in [-0.15, -0.1) is 0 Å². The van der Waals surface area contributed by atoms with Crippen molar-refractivity contribution in [1.29, 1.82) is 0 Å². The fraction of sp³-hybridized carbons (Fsp3) is 0.444. The van der Waals surface area contributed by atoms with Gasteiger partial charge in [-0.25, -0.2) is 4.79 Å². The van der Waals surface area contributed by atoms with Crippen LogP contribution in [0.5, 0.6) is 5.75 Å². The number of hydrogen-bond acceptors (Lipinski definition) is 3. The Balaban J connectivity index is 0.00000155. The normalized spacial score (nSPS) is 15.6. The van der Waals surface area contributed by atoms with Gasteiger partial charge in [-0.2, -0.15) is 0 Å². The zero-order valence-corrected chi connectivity index (χ0v) is 19.3. The number of carbonyl (C=O) groups is 1. The maximum Gasteiger partial charge on any atom is 0.338 e. The first-order chi connectivity index (χ1) is 14.1. The zero-order chi connectivity index (χ0) is 22.5. The number of aromatic hydroxyl groups is 1. The summed E-state index contributed by atoms with van der Waals surface area (Å²) in [6, 6.07) is 11.1. The number of phenolic OH excluding ortho intramolecular Hbond substituents is 1. The Hall–Kier alpha value is -2.73. The molecule has 1 aliphatic carbocycles. The highest BCUT2D eigenvalue weighted by atomic mass is 16.5. The summed E-state index contributed by atoms with van der Waals surface area (Å²) in [6.45, 7) is 15.2. The molecule has 2 aromatic rings. The minimum atomic E-state index is -0.447. The molecular formula is C27H34O3. The predicted octanol–water partition coefficient (Wildman–Crippen LogP) is 6.34. The van der Waals surface area contributed by atoms with E-state index in [0.717, 1.165) is 12.0 Å². The number of esters is 1. The van der Waals surface area contributed by atoms with Crippen LogP contribution in [0.15, 0.2) is 36.4 Å². The Kier molecular flexibility index (Phi) is 7.37. The summed E-state index contributed by atoms with van der Waals surface area (Å²) in [5.41, 5.74) is 4.81. The summed E-state index contributed by atoms with van der Waals surface area (Å²) in [4.78, 5) is 11.8. The summed E-state index contributed by atoms with van der Waals surface area (Å²) in [5.74, 6) is 5.73. The molecule has 0 aromatic heterocycles. The van der Waals surface area contributed by atoms with Gasteiger partial charge in [0.25, 0.3) is 0 Å². The molecule has 0 spiro atoms. The average molecular weight is 407 g/mol. The Morgan fingerprint density at radius 2 is 1.60 bits per heavy atom. The van der Waals surface area contributed by atoms with E-state index in [-0.39, 0.29) is 16.6 Å². The van der Waals surface area contributed by atoms with Crippen molar-refractivity contribution in [2.24, 2.45) is 0 Å². The third kappa shape index (κ3) is 5.05. The SMILES string of the molecule is CC.CCOC(=O)c1ccc(C#Cc2ccc3c(c2)C(C)(C)CCC3(C)C)c(O)c1. The number of fused-ring (bicyclic) bond motifs is 1. The van der Waals surface area contributed by atoms with Gasteiger partial charge in [-0.05, 0) is 72.1 Å². The Morgan fingerprint density at radius 3 is 2.20 bits per heavy atom. The molecule has 3 rings (SSSR count). The average Bonchev–Trinajstić information content (AvgIpc) is 2.72. The highest BCUT2D eigenvalue weighted by Crippen LogP contribution is 2.45. The van der Waals surface area contributed by atoms with Gasteiger partial charge in [-0.3, -0.25) is 0 Å². The highest BCUT2D eigenvalue weighted by Gasteiger charge is 2.36. The van der Waals surface area contributed by atoms with Gasteiger partial charge < -0.3 is 9.84 Å². The molecule has 0 saturated carbocycles. The van der Waals surface area contributed by atoms with Crippen molar-refractivity contribution >= 4 is 5.97 Å². The van der Waals surface area contributed by atoms with Gasteiger partial charge in [0.1, 0.15) is 5.75 Å². The lowest BCUT2D eigenvalue weighted by atomic mass is 9.63. The summed E-state index contributed by atoms with van der Waals surface area (Å²) < 4.78 is 4.96. The molecule has 1 N–H and O–H groups in total. The van der Waals surface area contributed by atoms with E-state index in [1.54, 1.807) is 19.1 Å². The number of hydrogen-bond donors (Lipinski definition) is 1. The van der Waals surface area contributed by atoms with Crippen molar-refractivity contribution < 1.29 is 14.6 Å². The molecule has 0 saturated heterocycles. The summed E-state index contributed by atoms with van der Waals surface area (Å²) >= 11 is 0. The third-order valence-electron chi connectivity index (χ3n) is 5.70. The second kappa shape index (κ2) is 9.39. The molecule has 0 aliphatic heterocycles. The number of benzene rings is 2. The molecule has 0 fully saturated rings. The van der Waals surface area contributed by atoms with Gasteiger partial charge in [0, 0.05) is 5.56 Å². The Labute approximate surface area is 181 Å². The van der Waals surface area contributed by atoms with Crippen LogP contribution in [0.1, 0.15) is 93.9 Å². The second-order valence-corrected chi connectivity index (χ2v) is 8.73. The van der Waals surface area contributed by atoms with Crippen LogP contribution in [0.3, 0.4) is 0 Å². The number of rotatable bonds is 2. The smallest absolute Gasteiger partial charge is 0.338 e. The van der Waals surface area contributed by atoms with Crippen molar-refractivity contribution in [2.75, 3.05) is 6.61 Å². The molecule has 0 bridgehead atoms. The zero-order valence-electron chi connectivity index (χ0n) is 19.3. The van der Waals surface area contributed by atoms with Crippen LogP contribution >= 0.6 is 0 Å². The number of ether oxygens (including phenoxy) is 1. The molecule has 0 amide bonds. The molecule has 2 aromatic carbocycles. The molecule has 30 heavy (non-hydrogen) atoms. The monoisotopic (exact) mass is 406 g/mol. The largest absolute Gasteiger partial charge is 0.507 e. The van der Waals surface area contributed by atoms with Gasteiger partial charge >= 0.3 is 5.97 Å². The number of carbonyl (C=O) groups excluding carboxylic acids is 1. The van der Waals surface area contributed by atoms with Crippen LogP contribution < -0.4 is 0 Å². The first kappa shape index (κ1) is 23.5. The van der Waals surface area contributed by atoms with Gasteiger partial charge in [0.05, 0.1) is 17.7 Å². The highest BCUT2D eigenvalue weighted by molar-refractivity contribution is 5.90. The molecule has 0 unspecified atom stereocenters. The van der Waals surface area contributed by atoms with E-state index in [4.69, 9.17) is 4.74 Å². The topological polar surface area (TPSA) is 46.5 Å². The molecule has 3 heteroatoms. The Morgan fingerprint density at radius 1 is 0.967 bits per heavy atom. The maximum absolute atomic E-state index is 11.8. The molecule has 0 radical (unpaired) electrons. The standard InChI is InChI=1S/C25H28O3.C2H6/c1-6-28-23(27)19-11-10-18(22(26)16-19)9-7-17-8-12-20-21(15-17)25(4,5)14-13-24(20,2)3;1-2/h8,10-12,15-16,26H,6,13-14H2,1-5H3;1-2H3. The van der Waals surface area contributed by atoms with Crippen LogP contribution in [0.25, 0.3) is 0 Å². The minimum absolute atomic E-state index is 0.0162. The molecule has 0 heterocycles. The van der Waals surface area contributed by atoms with E-state index >= 15 is 0 Å². The Bertz CT molecular complexity index is 971. The molecule has 160 valence electrons. The quantitative estimate of drug-likeness (QED) is 0.467. The van der Waals surface area contributed by atoms with E-state index in [9.17, 15) is 9.90 Å². The van der Waals surface area contributed by atoms with Gasteiger partial charge in [0.2, 0.25) is 0 Å². The molecule has 1 aliphatic rings. The van der Waals surface area contributed by atoms with Crippen molar-refractivity contribution in [1.82, 2.24) is 0 Å². The van der Waals surface area contributed by atoms with Crippen molar-refractivity contribution in [3.05, 3.63) is 64.2 Å². The van der Waals surface area contributed by atoms with Crippen LogP contribution in [-0.2, 0) is 15.6 Å². The minimum Gasteiger partial charge on any atom is -0.507 e. The van der Waals surface area contributed by atoms with Gasteiger partial charge in [0.15, 0.2) is 0 Å². The van der Waals surface area contributed by atoms with Crippen molar-refractivity contribution in [2.45, 2.75) is 72.1 Å². The second-order valence-electron chi connectivity index (χ2n) is 8.73. The summed E-state index contributed by atoms with van der Waals surface area (Å²) in [6.07, 6.45) is 2.33. The fourth-order valence-corrected chi connectivity index (χ4v) is 3.78. The lowest BCUT2D eigenvalue weighted by molar-refractivity contribution is 0.0526. The van der Waals surface area contributed by atoms with Crippen LogP contribution in [0.4, 0.5) is 0 Å². The lowest BCUT2D eigenvalue weighted by Crippen LogP contribution is -2.33. The lowest BCUT2D eigenvalue weighted by Gasteiger charge is -2.41. The van der Waals surface area contributed by atoms with Crippen molar-refractivity contribution in [3.8, 4) is 17.6 Å². The third-order valence-corrected chi connectivity index (χ3v) is 5.70. The van der Waals surface area contributed by atoms with Crippen LogP contribution in [0, 0.1) is 11.8 Å². The van der Waals surface area contributed by atoms with E-state index in [1.165, 1.54) is 23.6 Å².